The summed E-state index contributed by atoms with van der Waals surface area (Å²) in [5, 5.41) is 2.51. The van der Waals surface area contributed by atoms with Gasteiger partial charge in [0.15, 0.2) is 17.5 Å². The van der Waals surface area contributed by atoms with Crippen LogP contribution in [0.4, 0.5) is 13.2 Å². The van der Waals surface area contributed by atoms with Crippen molar-refractivity contribution in [3.8, 4) is 11.5 Å². The fourth-order valence-corrected chi connectivity index (χ4v) is 4.55. The maximum Gasteiger partial charge on any atom is 0.389 e. The number of hydrogen-bond acceptors (Lipinski definition) is 9. The van der Waals surface area contributed by atoms with Crippen LogP contribution in [-0.2, 0) is 30.2 Å². The largest absolute Gasteiger partial charge is 0.493 e. The molecule has 0 radical (unpaired) electrons. The predicted molar refractivity (Wildman–Crippen MR) is 143 cm³/mol. The van der Waals surface area contributed by atoms with E-state index in [1.165, 1.54) is 19.4 Å². The molecular weight excluding hydrogens is 561 g/mol. The summed E-state index contributed by atoms with van der Waals surface area (Å²) in [6, 6.07) is 9.76. The number of amides is 1. The Kier molecular flexibility index (Phi) is 12.1. The van der Waals surface area contributed by atoms with Crippen LogP contribution in [0.1, 0.15) is 49.2 Å². The first-order valence-corrected chi connectivity index (χ1v) is 13.5. The highest BCUT2D eigenvalue weighted by molar-refractivity contribution is 5.98. The van der Waals surface area contributed by atoms with Gasteiger partial charge in [0.05, 0.1) is 26.4 Å². The van der Waals surface area contributed by atoms with E-state index in [9.17, 15) is 27.6 Å². The molecular formula is C29H35F3N2O8. The molecule has 0 aliphatic carbocycles. The Hall–Kier alpha value is -3.71. The topological polar surface area (TPSA) is 122 Å². The highest BCUT2D eigenvalue weighted by atomic mass is 19.4. The Balaban J connectivity index is 1.76. The molecule has 4 unspecified atom stereocenters. The predicted octanol–water partition coefficient (Wildman–Crippen LogP) is 4.05. The van der Waals surface area contributed by atoms with Gasteiger partial charge in [-0.3, -0.25) is 9.59 Å². The summed E-state index contributed by atoms with van der Waals surface area (Å²) in [4.78, 5) is 41.8. The Morgan fingerprint density at radius 3 is 2.55 bits per heavy atom. The molecule has 0 bridgehead atoms. The summed E-state index contributed by atoms with van der Waals surface area (Å²) in [5.41, 5.74) is 0.759. The number of aromatic nitrogens is 1. The van der Waals surface area contributed by atoms with E-state index in [-0.39, 0.29) is 49.4 Å². The van der Waals surface area contributed by atoms with Gasteiger partial charge in [-0.1, -0.05) is 30.3 Å². The summed E-state index contributed by atoms with van der Waals surface area (Å²) in [5.74, 6) is -2.85. The number of nitrogens with one attached hydrogen (secondary N) is 1. The molecule has 10 nitrogen and oxygen atoms in total. The average molecular weight is 597 g/mol. The van der Waals surface area contributed by atoms with Crippen LogP contribution in [0.3, 0.4) is 0 Å². The smallest absolute Gasteiger partial charge is 0.389 e. The van der Waals surface area contributed by atoms with Gasteiger partial charge in [0.2, 0.25) is 5.75 Å². The van der Waals surface area contributed by atoms with Crippen molar-refractivity contribution in [1.29, 1.82) is 0 Å². The first kappa shape index (κ1) is 32.8. The Bertz CT molecular complexity index is 1200. The van der Waals surface area contributed by atoms with Crippen molar-refractivity contribution >= 4 is 17.8 Å². The van der Waals surface area contributed by atoms with Gasteiger partial charge in [0.25, 0.3) is 5.91 Å². The molecule has 0 saturated carbocycles. The number of carbonyl (C=O) groups is 3. The van der Waals surface area contributed by atoms with E-state index in [0.717, 1.165) is 12.5 Å². The molecule has 230 valence electrons. The number of halogens is 3. The zero-order valence-electron chi connectivity index (χ0n) is 23.6. The summed E-state index contributed by atoms with van der Waals surface area (Å²) < 4.78 is 65.7. The lowest BCUT2D eigenvalue weighted by atomic mass is 9.92. The second kappa shape index (κ2) is 15.5. The van der Waals surface area contributed by atoms with Crippen LogP contribution < -0.4 is 14.8 Å². The number of pyridine rings is 1. The van der Waals surface area contributed by atoms with Gasteiger partial charge in [-0.05, 0) is 31.7 Å². The number of nitrogens with zero attached hydrogens (tertiary/aromatic N) is 1. The van der Waals surface area contributed by atoms with Crippen molar-refractivity contribution in [1.82, 2.24) is 10.3 Å². The third-order valence-corrected chi connectivity index (χ3v) is 6.55. The van der Waals surface area contributed by atoms with Gasteiger partial charge in [0.1, 0.15) is 6.10 Å². The van der Waals surface area contributed by atoms with Crippen LogP contribution in [0.2, 0.25) is 0 Å². The van der Waals surface area contributed by atoms with E-state index in [4.69, 9.17) is 23.7 Å². The zero-order valence-corrected chi connectivity index (χ0v) is 23.6. The molecule has 1 aliphatic rings. The Labute approximate surface area is 241 Å². The average Bonchev–Trinajstić information content (AvgIpc) is 2.98. The van der Waals surface area contributed by atoms with E-state index in [2.05, 4.69) is 10.3 Å². The highest BCUT2D eigenvalue weighted by Crippen LogP contribution is 2.30. The van der Waals surface area contributed by atoms with E-state index < -0.39 is 48.7 Å². The number of rotatable bonds is 11. The van der Waals surface area contributed by atoms with Crippen LogP contribution in [0.25, 0.3) is 0 Å². The van der Waals surface area contributed by atoms with E-state index in [1.807, 2.05) is 30.3 Å². The SMILES string of the molecule is COc1ccnc(C(=O)NC2COCC(CCc3ccccc3)C(OCCCC(F)(F)F)C(C)OC2=O)c1OC(C)=O. The van der Waals surface area contributed by atoms with Gasteiger partial charge in [-0.15, -0.1) is 0 Å². The number of cyclic esters (lactones) is 1. The number of aryl methyl sites for hydroxylation is 1. The summed E-state index contributed by atoms with van der Waals surface area (Å²) in [6.07, 6.45) is -4.71. The molecule has 0 spiro atoms. The minimum absolute atomic E-state index is 0.0824. The molecule has 1 aliphatic heterocycles. The number of alkyl halides is 3. The number of ether oxygens (including phenoxy) is 5. The number of benzene rings is 1. The van der Waals surface area contributed by atoms with E-state index >= 15 is 0 Å². The maximum absolute atomic E-state index is 13.1. The minimum Gasteiger partial charge on any atom is -0.493 e. The number of carbonyl (C=O) groups excluding carboxylic acids is 3. The molecule has 3 rings (SSSR count). The van der Waals surface area contributed by atoms with Gasteiger partial charge in [-0.25, -0.2) is 9.78 Å². The second-order valence-electron chi connectivity index (χ2n) is 9.83. The van der Waals surface area contributed by atoms with Crippen LogP contribution in [0.15, 0.2) is 42.6 Å². The zero-order chi connectivity index (χ0) is 30.7. The lowest BCUT2D eigenvalue weighted by Gasteiger charge is -2.31. The fraction of sp³-hybridized carbons (Fsp3) is 0.517. The number of hydrogen-bond donors (Lipinski definition) is 1. The summed E-state index contributed by atoms with van der Waals surface area (Å²) in [6.45, 7) is 2.39. The molecule has 2 heterocycles. The molecule has 1 N–H and O–H groups in total. The van der Waals surface area contributed by atoms with Crippen LogP contribution in [-0.4, -0.2) is 74.2 Å². The van der Waals surface area contributed by atoms with E-state index in [0.29, 0.717) is 12.8 Å². The van der Waals surface area contributed by atoms with Crippen molar-refractivity contribution in [2.45, 2.75) is 64.0 Å². The number of esters is 2. The highest BCUT2D eigenvalue weighted by Gasteiger charge is 2.36. The first-order valence-electron chi connectivity index (χ1n) is 13.5. The Morgan fingerprint density at radius 2 is 1.88 bits per heavy atom. The molecule has 42 heavy (non-hydrogen) atoms. The van der Waals surface area contributed by atoms with Crippen molar-refractivity contribution in [3.63, 3.8) is 0 Å². The van der Waals surface area contributed by atoms with Crippen molar-refractivity contribution < 1.29 is 51.2 Å². The third kappa shape index (κ3) is 9.98. The quantitative estimate of drug-likeness (QED) is 0.302. The molecule has 1 saturated heterocycles. The van der Waals surface area contributed by atoms with Crippen molar-refractivity contribution in [2.75, 3.05) is 26.9 Å². The van der Waals surface area contributed by atoms with Crippen LogP contribution in [0, 0.1) is 5.92 Å². The number of methoxy groups -OCH3 is 1. The molecule has 13 heteroatoms. The summed E-state index contributed by atoms with van der Waals surface area (Å²) in [7, 11) is 1.32. The van der Waals surface area contributed by atoms with Crippen LogP contribution in [0.5, 0.6) is 11.5 Å². The van der Waals surface area contributed by atoms with Gasteiger partial charge >= 0.3 is 18.1 Å². The van der Waals surface area contributed by atoms with Gasteiger partial charge < -0.3 is 29.0 Å². The van der Waals surface area contributed by atoms with Crippen molar-refractivity contribution in [3.05, 3.63) is 53.9 Å². The fourth-order valence-electron chi connectivity index (χ4n) is 4.55. The van der Waals surface area contributed by atoms with Gasteiger partial charge in [-0.2, -0.15) is 13.2 Å². The molecule has 4 atom stereocenters. The second-order valence-corrected chi connectivity index (χ2v) is 9.83. The van der Waals surface area contributed by atoms with Crippen molar-refractivity contribution in [2.24, 2.45) is 5.92 Å². The lowest BCUT2D eigenvalue weighted by Crippen LogP contribution is -2.46. The third-order valence-electron chi connectivity index (χ3n) is 6.55. The van der Waals surface area contributed by atoms with E-state index in [1.54, 1.807) is 6.92 Å². The molecule has 1 aromatic heterocycles. The normalized spacial score (nSPS) is 21.3. The maximum atomic E-state index is 13.1. The van der Waals surface area contributed by atoms with Gasteiger partial charge in [0, 0.05) is 38.1 Å². The molecule has 1 aromatic carbocycles. The molecule has 1 amide bonds. The summed E-state index contributed by atoms with van der Waals surface area (Å²) >= 11 is 0. The Morgan fingerprint density at radius 1 is 1.14 bits per heavy atom. The van der Waals surface area contributed by atoms with Crippen LogP contribution >= 0.6 is 0 Å². The lowest BCUT2D eigenvalue weighted by molar-refractivity contribution is -0.162. The molecule has 2 aromatic rings. The minimum atomic E-state index is -4.31. The first-order chi connectivity index (χ1) is 20.0. The molecule has 1 fully saturated rings. The standard InChI is InChI=1S/C29H35F3N2O8/c1-18-25(40-15-7-13-29(30,31)32)21(11-10-20-8-5-4-6-9-20)16-39-17-22(28(37)41-18)34-27(36)24-26(42-19(2)35)23(38-3)12-14-33-24/h4-6,8-9,12,14,18,21-22,25H,7,10-11,13,15-17H2,1-3H3,(H,34,36). The monoisotopic (exact) mass is 596 g/mol.